The summed E-state index contributed by atoms with van der Waals surface area (Å²) in [4.78, 5) is 11.9. The summed E-state index contributed by atoms with van der Waals surface area (Å²) in [5.41, 5.74) is 0. The molecule has 0 bridgehead atoms. The van der Waals surface area contributed by atoms with Crippen LogP contribution in [0.5, 0.6) is 0 Å². The van der Waals surface area contributed by atoms with Gasteiger partial charge in [-0.15, -0.1) is 0 Å². The fourth-order valence-corrected chi connectivity index (χ4v) is 3.67. The van der Waals surface area contributed by atoms with E-state index in [1.165, 1.54) is 12.8 Å². The van der Waals surface area contributed by atoms with Crippen LogP contribution in [0.2, 0.25) is 0 Å². The molecule has 2 rings (SSSR count). The molecular formula is C15H22N2O3S. The maximum atomic E-state index is 11.9. The van der Waals surface area contributed by atoms with Crippen molar-refractivity contribution in [1.82, 2.24) is 10.0 Å². The zero-order valence-corrected chi connectivity index (χ0v) is 12.9. The molecule has 1 aliphatic carbocycles. The van der Waals surface area contributed by atoms with Gasteiger partial charge in [0.25, 0.3) is 0 Å². The van der Waals surface area contributed by atoms with Crippen LogP contribution in [0.4, 0.5) is 0 Å². The van der Waals surface area contributed by atoms with E-state index in [4.69, 9.17) is 0 Å². The molecule has 0 spiro atoms. The largest absolute Gasteiger partial charge is 0.355 e. The van der Waals surface area contributed by atoms with Crippen molar-refractivity contribution < 1.29 is 13.2 Å². The highest BCUT2D eigenvalue weighted by molar-refractivity contribution is 7.89. The Balaban J connectivity index is 1.68. The number of carbonyl (C=O) groups excluding carboxylic acids is 1. The van der Waals surface area contributed by atoms with E-state index < -0.39 is 10.0 Å². The topological polar surface area (TPSA) is 75.3 Å². The average molecular weight is 310 g/mol. The van der Waals surface area contributed by atoms with Gasteiger partial charge in [-0.05, 0) is 30.9 Å². The van der Waals surface area contributed by atoms with Gasteiger partial charge in [0.15, 0.2) is 0 Å². The summed E-state index contributed by atoms with van der Waals surface area (Å²) >= 11 is 0. The van der Waals surface area contributed by atoms with E-state index in [2.05, 4.69) is 10.0 Å². The summed E-state index contributed by atoms with van der Waals surface area (Å²) in [6.07, 6.45) is 5.26. The van der Waals surface area contributed by atoms with E-state index in [1.807, 2.05) is 0 Å². The monoisotopic (exact) mass is 310 g/mol. The number of amides is 1. The lowest BCUT2D eigenvalue weighted by atomic mass is 10.0. The maximum absolute atomic E-state index is 11.9. The lowest BCUT2D eigenvalue weighted by Gasteiger charge is -2.10. The number of carbonyl (C=O) groups is 1. The Hall–Kier alpha value is -1.40. The van der Waals surface area contributed by atoms with Gasteiger partial charge in [0.05, 0.1) is 4.90 Å². The molecule has 0 atom stereocenters. The fourth-order valence-electron chi connectivity index (χ4n) is 2.62. The summed E-state index contributed by atoms with van der Waals surface area (Å²) in [6, 6.07) is 8.21. The predicted molar refractivity (Wildman–Crippen MR) is 81.2 cm³/mol. The first kappa shape index (κ1) is 16.0. The van der Waals surface area contributed by atoms with Gasteiger partial charge < -0.3 is 5.32 Å². The first-order valence-corrected chi connectivity index (χ1v) is 8.87. The summed E-state index contributed by atoms with van der Waals surface area (Å²) in [6.45, 7) is 0.519. The van der Waals surface area contributed by atoms with E-state index >= 15 is 0 Å². The molecule has 21 heavy (non-hydrogen) atoms. The minimum absolute atomic E-state index is 0.0146. The first-order valence-electron chi connectivity index (χ1n) is 7.39. The Morgan fingerprint density at radius 3 is 2.43 bits per heavy atom. The van der Waals surface area contributed by atoms with E-state index in [0.29, 0.717) is 18.9 Å². The number of hydrogen-bond donors (Lipinski definition) is 2. The number of nitrogens with one attached hydrogen (secondary N) is 2. The molecule has 1 aromatic carbocycles. The lowest BCUT2D eigenvalue weighted by molar-refractivity contribution is -0.121. The van der Waals surface area contributed by atoms with Crippen LogP contribution in [0.1, 0.15) is 32.1 Å². The van der Waals surface area contributed by atoms with Crippen LogP contribution in [-0.4, -0.2) is 27.4 Å². The summed E-state index contributed by atoms with van der Waals surface area (Å²) in [7, 11) is -3.48. The molecule has 1 aromatic rings. The van der Waals surface area contributed by atoms with Crippen molar-refractivity contribution in [3.63, 3.8) is 0 Å². The smallest absolute Gasteiger partial charge is 0.240 e. The Kier molecular flexibility index (Phi) is 5.76. The molecule has 0 aromatic heterocycles. The van der Waals surface area contributed by atoms with Gasteiger partial charge in [-0.25, -0.2) is 13.1 Å². The normalized spacial score (nSPS) is 16.0. The number of sulfonamides is 1. The molecule has 6 heteroatoms. The zero-order valence-electron chi connectivity index (χ0n) is 12.0. The van der Waals surface area contributed by atoms with Gasteiger partial charge in [-0.1, -0.05) is 31.0 Å². The third-order valence-electron chi connectivity index (χ3n) is 3.74. The minimum atomic E-state index is -3.48. The molecule has 0 radical (unpaired) electrons. The predicted octanol–water partition coefficient (Wildman–Crippen LogP) is 1.66. The van der Waals surface area contributed by atoms with E-state index in [1.54, 1.807) is 30.3 Å². The third-order valence-corrected chi connectivity index (χ3v) is 5.22. The fraction of sp³-hybridized carbons (Fsp3) is 0.533. The number of hydrogen-bond acceptors (Lipinski definition) is 3. The van der Waals surface area contributed by atoms with Gasteiger partial charge in [-0.2, -0.15) is 0 Å². The van der Waals surface area contributed by atoms with Crippen molar-refractivity contribution >= 4 is 15.9 Å². The Morgan fingerprint density at radius 1 is 1.10 bits per heavy atom. The van der Waals surface area contributed by atoms with Crippen LogP contribution < -0.4 is 10.0 Å². The van der Waals surface area contributed by atoms with Crippen molar-refractivity contribution in [3.05, 3.63) is 30.3 Å². The van der Waals surface area contributed by atoms with E-state index in [0.717, 1.165) is 12.8 Å². The second-order valence-corrected chi connectivity index (χ2v) is 7.18. The molecule has 5 nitrogen and oxygen atoms in total. The molecule has 1 fully saturated rings. The highest BCUT2D eigenvalue weighted by Crippen LogP contribution is 2.27. The molecular weight excluding hydrogens is 288 g/mol. The zero-order chi connectivity index (χ0) is 15.1. The molecule has 1 amide bonds. The molecule has 0 heterocycles. The SMILES string of the molecule is O=C(CC1CCCC1)NCCNS(=O)(=O)c1ccccc1. The van der Waals surface area contributed by atoms with Crippen molar-refractivity contribution in [2.75, 3.05) is 13.1 Å². The summed E-state index contributed by atoms with van der Waals surface area (Å²) in [5, 5.41) is 2.77. The maximum Gasteiger partial charge on any atom is 0.240 e. The van der Waals surface area contributed by atoms with Crippen molar-refractivity contribution in [2.45, 2.75) is 37.0 Å². The van der Waals surface area contributed by atoms with Gasteiger partial charge in [0, 0.05) is 19.5 Å². The van der Waals surface area contributed by atoms with Gasteiger partial charge >= 0.3 is 0 Å². The molecule has 1 saturated carbocycles. The standard InChI is InChI=1S/C15H22N2O3S/c18-15(12-13-6-4-5-7-13)16-10-11-17-21(19,20)14-8-2-1-3-9-14/h1-3,8-9,13,17H,4-7,10-12H2,(H,16,18). The average Bonchev–Trinajstić information content (AvgIpc) is 2.97. The summed E-state index contributed by atoms with van der Waals surface area (Å²) < 4.78 is 26.3. The quantitative estimate of drug-likeness (QED) is 0.752. The number of benzene rings is 1. The van der Waals surface area contributed by atoms with Crippen LogP contribution in [0.25, 0.3) is 0 Å². The second kappa shape index (κ2) is 7.56. The Bertz CT molecular complexity index is 552. The second-order valence-electron chi connectivity index (χ2n) is 5.42. The molecule has 2 N–H and O–H groups in total. The first-order chi connectivity index (χ1) is 10.1. The van der Waals surface area contributed by atoms with Crippen LogP contribution in [0.15, 0.2) is 35.2 Å². The third kappa shape index (κ3) is 5.13. The van der Waals surface area contributed by atoms with Crippen molar-refractivity contribution in [1.29, 1.82) is 0 Å². The van der Waals surface area contributed by atoms with Gasteiger partial charge in [0.1, 0.15) is 0 Å². The van der Waals surface area contributed by atoms with E-state index in [-0.39, 0.29) is 17.3 Å². The highest BCUT2D eigenvalue weighted by Gasteiger charge is 2.18. The van der Waals surface area contributed by atoms with Crippen molar-refractivity contribution in [3.8, 4) is 0 Å². The summed E-state index contributed by atoms with van der Waals surface area (Å²) in [5.74, 6) is 0.520. The van der Waals surface area contributed by atoms with Crippen LogP contribution in [0, 0.1) is 5.92 Å². The molecule has 1 aliphatic rings. The van der Waals surface area contributed by atoms with Gasteiger partial charge in [0.2, 0.25) is 15.9 Å². The molecule has 116 valence electrons. The minimum Gasteiger partial charge on any atom is -0.355 e. The van der Waals surface area contributed by atoms with Crippen LogP contribution in [0.3, 0.4) is 0 Å². The molecule has 0 aliphatic heterocycles. The highest BCUT2D eigenvalue weighted by atomic mass is 32.2. The Labute approximate surface area is 126 Å². The van der Waals surface area contributed by atoms with E-state index in [9.17, 15) is 13.2 Å². The van der Waals surface area contributed by atoms with Gasteiger partial charge in [-0.3, -0.25) is 4.79 Å². The van der Waals surface area contributed by atoms with Crippen LogP contribution in [-0.2, 0) is 14.8 Å². The number of rotatable bonds is 7. The molecule has 0 saturated heterocycles. The van der Waals surface area contributed by atoms with Crippen LogP contribution >= 0.6 is 0 Å². The Morgan fingerprint density at radius 2 is 1.76 bits per heavy atom. The lowest BCUT2D eigenvalue weighted by Crippen LogP contribution is -2.35. The molecule has 0 unspecified atom stereocenters. The van der Waals surface area contributed by atoms with Crippen molar-refractivity contribution in [2.24, 2.45) is 5.92 Å².